The highest BCUT2D eigenvalue weighted by molar-refractivity contribution is 5.69. The monoisotopic (exact) mass is 515 g/mol. The lowest BCUT2D eigenvalue weighted by Gasteiger charge is -2.16. The van der Waals surface area contributed by atoms with Crippen molar-refractivity contribution in [3.05, 3.63) is 0 Å². The van der Waals surface area contributed by atoms with Gasteiger partial charge >= 0.3 is 11.9 Å². The zero-order chi connectivity index (χ0) is 26.5. The highest BCUT2D eigenvalue weighted by atomic mass is 16.6. The van der Waals surface area contributed by atoms with Gasteiger partial charge in [-0.25, -0.2) is 0 Å². The zero-order valence-electron chi connectivity index (χ0n) is 23.9. The second kappa shape index (κ2) is 28.4. The van der Waals surface area contributed by atoms with Crippen LogP contribution in [0.15, 0.2) is 0 Å². The molecular weight excluding hydrogens is 458 g/mol. The van der Waals surface area contributed by atoms with Crippen molar-refractivity contribution in [2.45, 2.75) is 117 Å². The van der Waals surface area contributed by atoms with E-state index in [4.69, 9.17) is 18.9 Å². The summed E-state index contributed by atoms with van der Waals surface area (Å²) in [5, 5.41) is 0. The topological polar surface area (TPSA) is 74.3 Å². The van der Waals surface area contributed by atoms with Crippen molar-refractivity contribution < 1.29 is 28.5 Å². The number of esters is 2. The van der Waals surface area contributed by atoms with Crippen LogP contribution in [0.4, 0.5) is 0 Å². The van der Waals surface area contributed by atoms with Gasteiger partial charge in [0.2, 0.25) is 0 Å². The summed E-state index contributed by atoms with van der Waals surface area (Å²) in [7, 11) is 2.01. The standard InChI is InChI=1S/C29H57NO6/c1-4-6-8-10-12-14-16-18-28(31)35-26-24-33-22-20-30(3)21-23-34-25-27-36-29(32)19-17-15-13-11-9-7-5-2/h4-27H2,1-3H3. The Bertz CT molecular complexity index is 446. The summed E-state index contributed by atoms with van der Waals surface area (Å²) >= 11 is 0. The van der Waals surface area contributed by atoms with Gasteiger partial charge in [0.05, 0.1) is 26.4 Å². The third-order valence-corrected chi connectivity index (χ3v) is 6.19. The first kappa shape index (κ1) is 34.8. The maximum Gasteiger partial charge on any atom is 0.305 e. The van der Waals surface area contributed by atoms with Crippen molar-refractivity contribution in [2.75, 3.05) is 59.8 Å². The molecule has 7 heteroatoms. The molecule has 0 fully saturated rings. The molecule has 0 bridgehead atoms. The number of nitrogens with zero attached hydrogens (tertiary/aromatic N) is 1. The van der Waals surface area contributed by atoms with Gasteiger partial charge in [0, 0.05) is 25.9 Å². The first-order valence-corrected chi connectivity index (χ1v) is 14.7. The molecule has 0 rings (SSSR count). The molecule has 0 radical (unpaired) electrons. The van der Waals surface area contributed by atoms with E-state index in [0.29, 0.717) is 52.5 Å². The Morgan fingerprint density at radius 1 is 0.500 bits per heavy atom. The van der Waals surface area contributed by atoms with E-state index in [1.54, 1.807) is 0 Å². The second-order valence-electron chi connectivity index (χ2n) is 9.71. The average Bonchev–Trinajstić information content (AvgIpc) is 2.87. The van der Waals surface area contributed by atoms with E-state index >= 15 is 0 Å². The van der Waals surface area contributed by atoms with Gasteiger partial charge in [-0.05, 0) is 19.9 Å². The second-order valence-corrected chi connectivity index (χ2v) is 9.71. The van der Waals surface area contributed by atoms with Gasteiger partial charge in [-0.1, -0.05) is 90.9 Å². The van der Waals surface area contributed by atoms with Crippen LogP contribution in [0.25, 0.3) is 0 Å². The van der Waals surface area contributed by atoms with E-state index in [2.05, 4.69) is 18.7 Å². The molecule has 0 saturated heterocycles. The highest BCUT2D eigenvalue weighted by Gasteiger charge is 2.05. The summed E-state index contributed by atoms with van der Waals surface area (Å²) in [6.45, 7) is 8.66. The molecule has 0 spiro atoms. The lowest BCUT2D eigenvalue weighted by atomic mass is 10.1. The number of hydrogen-bond acceptors (Lipinski definition) is 7. The summed E-state index contributed by atoms with van der Waals surface area (Å²) in [5.41, 5.74) is 0. The number of ether oxygens (including phenoxy) is 4. The Morgan fingerprint density at radius 2 is 0.861 bits per heavy atom. The number of unbranched alkanes of at least 4 members (excludes halogenated alkanes) is 12. The van der Waals surface area contributed by atoms with Gasteiger partial charge in [-0.15, -0.1) is 0 Å². The van der Waals surface area contributed by atoms with Crippen LogP contribution in [0.2, 0.25) is 0 Å². The third kappa shape index (κ3) is 27.4. The molecule has 214 valence electrons. The van der Waals surface area contributed by atoms with Crippen LogP contribution < -0.4 is 0 Å². The van der Waals surface area contributed by atoms with Crippen LogP contribution in [0.5, 0.6) is 0 Å². The molecule has 7 nitrogen and oxygen atoms in total. The molecule has 0 aromatic carbocycles. The molecule has 36 heavy (non-hydrogen) atoms. The fraction of sp³-hybridized carbons (Fsp3) is 0.931. The molecule has 0 aromatic heterocycles. The summed E-state index contributed by atoms with van der Waals surface area (Å²) in [6.07, 6.45) is 17.8. The molecule has 0 aliphatic carbocycles. The smallest absolute Gasteiger partial charge is 0.305 e. The number of likely N-dealkylation sites (N-methyl/N-ethyl adjacent to an activating group) is 1. The summed E-state index contributed by atoms with van der Waals surface area (Å²) in [5.74, 6) is -0.241. The van der Waals surface area contributed by atoms with E-state index in [1.807, 2.05) is 7.05 Å². The zero-order valence-corrected chi connectivity index (χ0v) is 23.9. The molecule has 0 saturated carbocycles. The van der Waals surface area contributed by atoms with Crippen LogP contribution >= 0.6 is 0 Å². The van der Waals surface area contributed by atoms with E-state index < -0.39 is 0 Å². The number of carbonyl (C=O) groups is 2. The van der Waals surface area contributed by atoms with Crippen molar-refractivity contribution in [3.63, 3.8) is 0 Å². The van der Waals surface area contributed by atoms with E-state index in [9.17, 15) is 9.59 Å². The van der Waals surface area contributed by atoms with Crippen LogP contribution in [-0.4, -0.2) is 76.6 Å². The molecule has 0 atom stereocenters. The van der Waals surface area contributed by atoms with Crippen molar-refractivity contribution in [2.24, 2.45) is 0 Å². The van der Waals surface area contributed by atoms with E-state index in [-0.39, 0.29) is 11.9 Å². The van der Waals surface area contributed by atoms with Crippen molar-refractivity contribution in [3.8, 4) is 0 Å². The average molecular weight is 516 g/mol. The van der Waals surface area contributed by atoms with Crippen molar-refractivity contribution in [1.29, 1.82) is 0 Å². The van der Waals surface area contributed by atoms with Gasteiger partial charge in [0.1, 0.15) is 13.2 Å². The fourth-order valence-corrected chi connectivity index (χ4v) is 3.78. The summed E-state index contributed by atoms with van der Waals surface area (Å²) in [6, 6.07) is 0. The quantitative estimate of drug-likeness (QED) is 0.0891. The van der Waals surface area contributed by atoms with Crippen LogP contribution in [0.3, 0.4) is 0 Å². The van der Waals surface area contributed by atoms with Crippen LogP contribution in [-0.2, 0) is 28.5 Å². The minimum atomic E-state index is -0.120. The molecule has 0 aliphatic rings. The Hall–Kier alpha value is -1.18. The third-order valence-electron chi connectivity index (χ3n) is 6.19. The normalized spacial score (nSPS) is 11.2. The molecular formula is C29H57NO6. The van der Waals surface area contributed by atoms with Gasteiger partial charge in [0.25, 0.3) is 0 Å². The summed E-state index contributed by atoms with van der Waals surface area (Å²) in [4.78, 5) is 25.6. The number of rotatable bonds is 28. The Kier molecular flexibility index (Phi) is 27.5. The van der Waals surface area contributed by atoms with Crippen LogP contribution in [0.1, 0.15) is 117 Å². The first-order valence-electron chi connectivity index (χ1n) is 14.7. The Balaban J connectivity index is 3.35. The predicted molar refractivity (Wildman–Crippen MR) is 146 cm³/mol. The van der Waals surface area contributed by atoms with Gasteiger partial charge in [-0.3, -0.25) is 9.59 Å². The highest BCUT2D eigenvalue weighted by Crippen LogP contribution is 2.09. The molecule has 0 amide bonds. The van der Waals surface area contributed by atoms with Crippen molar-refractivity contribution in [1.82, 2.24) is 4.90 Å². The largest absolute Gasteiger partial charge is 0.463 e. The molecule has 0 aliphatic heterocycles. The molecule has 0 heterocycles. The number of hydrogen-bond donors (Lipinski definition) is 0. The Morgan fingerprint density at radius 3 is 1.25 bits per heavy atom. The fourth-order valence-electron chi connectivity index (χ4n) is 3.78. The van der Waals surface area contributed by atoms with Crippen molar-refractivity contribution >= 4 is 11.9 Å². The summed E-state index contributed by atoms with van der Waals surface area (Å²) < 4.78 is 21.6. The minimum Gasteiger partial charge on any atom is -0.463 e. The predicted octanol–water partition coefficient (Wildman–Crippen LogP) is 6.32. The van der Waals surface area contributed by atoms with Crippen LogP contribution in [0, 0.1) is 0 Å². The molecule has 0 aromatic rings. The molecule has 0 N–H and O–H groups in total. The van der Waals surface area contributed by atoms with E-state index in [0.717, 1.165) is 38.8 Å². The maximum absolute atomic E-state index is 11.7. The van der Waals surface area contributed by atoms with Gasteiger partial charge in [-0.2, -0.15) is 0 Å². The molecule has 0 unspecified atom stereocenters. The lowest BCUT2D eigenvalue weighted by Crippen LogP contribution is -2.28. The minimum absolute atomic E-state index is 0.120. The Labute approximate surface area is 221 Å². The SMILES string of the molecule is CCCCCCCCCC(=O)OCCOCCN(C)CCOCCOC(=O)CCCCCCCCC. The first-order chi connectivity index (χ1) is 17.6. The lowest BCUT2D eigenvalue weighted by molar-refractivity contribution is -0.146. The van der Waals surface area contributed by atoms with Gasteiger partial charge < -0.3 is 23.8 Å². The van der Waals surface area contributed by atoms with E-state index in [1.165, 1.54) is 64.2 Å². The number of carbonyl (C=O) groups excluding carboxylic acids is 2. The maximum atomic E-state index is 11.7. The van der Waals surface area contributed by atoms with Gasteiger partial charge in [0.15, 0.2) is 0 Å².